The minimum Gasteiger partial charge on any atom is -0.480 e. The summed E-state index contributed by atoms with van der Waals surface area (Å²) in [4.78, 5) is 53.6. The zero-order chi connectivity index (χ0) is 28.4. The fraction of sp³-hybridized carbons (Fsp3) is 0.593. The Morgan fingerprint density at radius 1 is 1.02 bits per heavy atom. The van der Waals surface area contributed by atoms with E-state index in [1.54, 1.807) is 35.2 Å². The lowest BCUT2D eigenvalue weighted by Gasteiger charge is -2.38. The van der Waals surface area contributed by atoms with Crippen LogP contribution in [0.1, 0.15) is 44.1 Å². The van der Waals surface area contributed by atoms with E-state index >= 15 is 0 Å². The van der Waals surface area contributed by atoms with E-state index in [1.807, 2.05) is 0 Å². The SMILES string of the molecule is Cl.N=C(N)C(C1CCCNC1)[C@H](C(N)=O)[C@H](NC(=O)N[C@H](Cc1ccccc1)C(=O)O)C(=O)N1CCCCCC1. The van der Waals surface area contributed by atoms with Crippen molar-refractivity contribution >= 4 is 42.1 Å². The molecule has 1 aromatic rings. The predicted octanol–water partition coefficient (Wildman–Crippen LogP) is 0.828. The molecule has 2 unspecified atom stereocenters. The number of likely N-dealkylation sites (tertiary alicyclic amines) is 1. The van der Waals surface area contributed by atoms with Crippen LogP contribution in [-0.4, -0.2) is 77.9 Å². The third-order valence-electron chi connectivity index (χ3n) is 7.63. The number of benzene rings is 1. The molecule has 3 rings (SSSR count). The molecule has 40 heavy (non-hydrogen) atoms. The molecule has 13 heteroatoms. The van der Waals surface area contributed by atoms with Crippen LogP contribution in [0.2, 0.25) is 0 Å². The van der Waals surface area contributed by atoms with Crippen molar-refractivity contribution in [3.05, 3.63) is 35.9 Å². The molecule has 0 radical (unpaired) electrons. The summed E-state index contributed by atoms with van der Waals surface area (Å²) < 4.78 is 0. The first-order valence-corrected chi connectivity index (χ1v) is 13.7. The number of carbonyl (C=O) groups excluding carboxylic acids is 3. The summed E-state index contributed by atoms with van der Waals surface area (Å²) >= 11 is 0. The van der Waals surface area contributed by atoms with E-state index < -0.39 is 47.7 Å². The molecule has 5 atom stereocenters. The van der Waals surface area contributed by atoms with Crippen molar-refractivity contribution in [1.29, 1.82) is 5.41 Å². The fourth-order valence-corrected chi connectivity index (χ4v) is 5.66. The van der Waals surface area contributed by atoms with Crippen LogP contribution >= 0.6 is 12.4 Å². The number of carbonyl (C=O) groups is 4. The molecule has 0 bridgehead atoms. The minimum absolute atomic E-state index is 0. The highest BCUT2D eigenvalue weighted by Crippen LogP contribution is 2.30. The average molecular weight is 580 g/mol. The van der Waals surface area contributed by atoms with E-state index in [0.29, 0.717) is 31.6 Å². The summed E-state index contributed by atoms with van der Waals surface area (Å²) in [7, 11) is 0. The molecule has 0 spiro atoms. The van der Waals surface area contributed by atoms with Gasteiger partial charge in [-0.05, 0) is 50.3 Å². The minimum atomic E-state index is -1.41. The van der Waals surface area contributed by atoms with Gasteiger partial charge in [-0.2, -0.15) is 0 Å². The number of nitrogens with zero attached hydrogens (tertiary/aromatic N) is 1. The molecule has 2 aliphatic heterocycles. The summed E-state index contributed by atoms with van der Waals surface area (Å²) in [5.74, 6) is -5.26. The zero-order valence-electron chi connectivity index (χ0n) is 22.6. The smallest absolute Gasteiger partial charge is 0.326 e. The number of amides is 4. The maximum Gasteiger partial charge on any atom is 0.326 e. The van der Waals surface area contributed by atoms with Crippen molar-refractivity contribution in [2.75, 3.05) is 26.2 Å². The van der Waals surface area contributed by atoms with Gasteiger partial charge in [0.05, 0.1) is 11.8 Å². The number of carboxylic acids is 1. The number of hydrogen-bond acceptors (Lipinski definition) is 6. The molecule has 222 valence electrons. The van der Waals surface area contributed by atoms with E-state index in [1.165, 1.54) is 0 Å². The highest BCUT2D eigenvalue weighted by Gasteiger charge is 2.45. The van der Waals surface area contributed by atoms with Gasteiger partial charge >= 0.3 is 12.0 Å². The van der Waals surface area contributed by atoms with Crippen LogP contribution in [0, 0.1) is 23.2 Å². The van der Waals surface area contributed by atoms with Crippen molar-refractivity contribution < 1.29 is 24.3 Å². The van der Waals surface area contributed by atoms with Gasteiger partial charge < -0.3 is 37.4 Å². The molecule has 1 aromatic carbocycles. The number of amidine groups is 1. The largest absolute Gasteiger partial charge is 0.480 e. The molecule has 4 amide bonds. The summed E-state index contributed by atoms with van der Waals surface area (Å²) in [6.45, 7) is 2.21. The third kappa shape index (κ3) is 9.09. The monoisotopic (exact) mass is 579 g/mol. The zero-order valence-corrected chi connectivity index (χ0v) is 23.5. The van der Waals surface area contributed by atoms with Crippen LogP contribution in [0.25, 0.3) is 0 Å². The first kappa shape index (κ1) is 32.8. The maximum atomic E-state index is 13.9. The van der Waals surface area contributed by atoms with E-state index in [4.69, 9.17) is 16.9 Å². The fourth-order valence-electron chi connectivity index (χ4n) is 5.66. The first-order chi connectivity index (χ1) is 18.7. The Labute approximate surface area is 240 Å². The standard InChI is InChI=1S/C27H41N7O5.ClH/c28-23(29)20(18-11-8-12-31-16-18)21(24(30)35)22(25(36)34-13-6-1-2-7-14-34)33-27(39)32-19(26(37)38)15-17-9-4-3-5-10-17;/h3-5,9-10,18-22,31H,1-2,6-8,11-16H2,(H3,28,29)(H2,30,35)(H,37,38)(H2,32,33,39);1H/t18?,19-,20?,21+,22+;/m1./s1. The molecular weight excluding hydrogens is 538 g/mol. The summed E-state index contributed by atoms with van der Waals surface area (Å²) in [5, 5.41) is 26.3. The summed E-state index contributed by atoms with van der Waals surface area (Å²) in [5.41, 5.74) is 12.6. The Morgan fingerprint density at radius 2 is 1.68 bits per heavy atom. The number of carboxylic acid groups (broad SMARTS) is 1. The van der Waals surface area contributed by atoms with E-state index in [9.17, 15) is 24.3 Å². The van der Waals surface area contributed by atoms with Gasteiger partial charge in [0, 0.05) is 25.4 Å². The number of piperidine rings is 1. The van der Waals surface area contributed by atoms with E-state index in [0.717, 1.165) is 38.6 Å². The van der Waals surface area contributed by atoms with Gasteiger partial charge in [0.15, 0.2) is 0 Å². The lowest BCUT2D eigenvalue weighted by Crippen LogP contribution is -2.62. The molecule has 0 saturated carbocycles. The first-order valence-electron chi connectivity index (χ1n) is 13.7. The van der Waals surface area contributed by atoms with Crippen molar-refractivity contribution in [3.8, 4) is 0 Å². The number of halogens is 1. The predicted molar refractivity (Wildman–Crippen MR) is 153 cm³/mol. The van der Waals surface area contributed by atoms with E-state index in [2.05, 4.69) is 16.0 Å². The molecule has 2 saturated heterocycles. The lowest BCUT2D eigenvalue weighted by molar-refractivity contribution is -0.139. The Bertz CT molecular complexity index is 1010. The van der Waals surface area contributed by atoms with Crippen LogP contribution in [-0.2, 0) is 20.8 Å². The van der Waals surface area contributed by atoms with Gasteiger partial charge in [0.25, 0.3) is 0 Å². The highest BCUT2D eigenvalue weighted by molar-refractivity contribution is 5.96. The van der Waals surface area contributed by atoms with Crippen molar-refractivity contribution in [2.45, 2.75) is 57.0 Å². The van der Waals surface area contributed by atoms with Crippen LogP contribution in [0.3, 0.4) is 0 Å². The average Bonchev–Trinajstić information content (AvgIpc) is 3.20. The van der Waals surface area contributed by atoms with Crippen molar-refractivity contribution in [1.82, 2.24) is 20.9 Å². The van der Waals surface area contributed by atoms with Crippen LogP contribution in [0.5, 0.6) is 0 Å². The summed E-state index contributed by atoms with van der Waals surface area (Å²) in [6.07, 6.45) is 5.00. The van der Waals surface area contributed by atoms with Crippen molar-refractivity contribution in [3.63, 3.8) is 0 Å². The van der Waals surface area contributed by atoms with E-state index in [-0.39, 0.29) is 30.6 Å². The second-order valence-electron chi connectivity index (χ2n) is 10.4. The number of aliphatic carboxylic acids is 1. The molecule has 9 N–H and O–H groups in total. The van der Waals surface area contributed by atoms with Gasteiger partial charge in [-0.1, -0.05) is 43.2 Å². The second-order valence-corrected chi connectivity index (χ2v) is 10.4. The van der Waals surface area contributed by atoms with Crippen molar-refractivity contribution in [2.24, 2.45) is 29.2 Å². The number of rotatable bonds is 11. The number of nitrogens with one attached hydrogen (secondary N) is 4. The van der Waals surface area contributed by atoms with Crippen LogP contribution in [0.15, 0.2) is 30.3 Å². The lowest BCUT2D eigenvalue weighted by atomic mass is 9.73. The highest BCUT2D eigenvalue weighted by atomic mass is 35.5. The summed E-state index contributed by atoms with van der Waals surface area (Å²) in [6, 6.07) is 5.23. The molecule has 0 aliphatic carbocycles. The molecule has 2 fully saturated rings. The Balaban J connectivity index is 0.00000560. The number of nitrogens with two attached hydrogens (primary N) is 2. The van der Waals surface area contributed by atoms with Gasteiger partial charge in [0.2, 0.25) is 11.8 Å². The third-order valence-corrected chi connectivity index (χ3v) is 7.63. The van der Waals surface area contributed by atoms with Gasteiger partial charge in [0.1, 0.15) is 12.1 Å². The van der Waals surface area contributed by atoms with Gasteiger partial charge in [-0.25, -0.2) is 9.59 Å². The molecule has 0 aromatic heterocycles. The molecule has 2 heterocycles. The molecule has 2 aliphatic rings. The Kier molecular flexibility index (Phi) is 13.1. The normalized spacial score (nSPS) is 20.4. The maximum absolute atomic E-state index is 13.9. The molecular formula is C27H42ClN7O5. The van der Waals surface area contributed by atoms with Gasteiger partial charge in [-0.15, -0.1) is 12.4 Å². The van der Waals surface area contributed by atoms with Crippen LogP contribution < -0.4 is 27.4 Å². The number of hydrogen-bond donors (Lipinski definition) is 7. The van der Waals surface area contributed by atoms with Gasteiger partial charge in [-0.3, -0.25) is 15.0 Å². The quantitative estimate of drug-likeness (QED) is 0.148. The van der Waals surface area contributed by atoms with Crippen LogP contribution in [0.4, 0.5) is 4.79 Å². The Morgan fingerprint density at radius 3 is 2.20 bits per heavy atom. The molecule has 12 nitrogen and oxygen atoms in total. The second kappa shape index (κ2) is 16.0. The number of primary amides is 1. The number of urea groups is 1. The topological polar surface area (TPSA) is 204 Å². The Hall–Kier alpha value is -3.38.